The van der Waals surface area contributed by atoms with Crippen LogP contribution in [0.5, 0.6) is 0 Å². The lowest BCUT2D eigenvalue weighted by Gasteiger charge is -2.44. The van der Waals surface area contributed by atoms with Gasteiger partial charge in [0.15, 0.2) is 0 Å². The summed E-state index contributed by atoms with van der Waals surface area (Å²) < 4.78 is 0. The predicted molar refractivity (Wildman–Crippen MR) is 106 cm³/mol. The van der Waals surface area contributed by atoms with Gasteiger partial charge in [-0.25, -0.2) is 0 Å². The van der Waals surface area contributed by atoms with Crippen LogP contribution in [0.3, 0.4) is 0 Å². The van der Waals surface area contributed by atoms with Gasteiger partial charge in [0.2, 0.25) is 0 Å². The van der Waals surface area contributed by atoms with Crippen molar-refractivity contribution in [1.82, 2.24) is 0 Å². The molecule has 2 aromatic rings. The van der Waals surface area contributed by atoms with Gasteiger partial charge in [-0.2, -0.15) is 11.8 Å². The van der Waals surface area contributed by atoms with Crippen LogP contribution in [0.1, 0.15) is 62.6 Å². The number of thioether (sulfide) groups is 1. The molecule has 0 amide bonds. The second kappa shape index (κ2) is 5.37. The van der Waals surface area contributed by atoms with E-state index in [0.29, 0.717) is 10.5 Å². The smallest absolute Gasteiger partial charge is 0.0917 e. The monoisotopic (exact) mass is 350 g/mol. The van der Waals surface area contributed by atoms with Gasteiger partial charge in [-0.15, -0.1) is 0 Å². The average molecular weight is 351 g/mol. The van der Waals surface area contributed by atoms with Gasteiger partial charge in [-0.1, -0.05) is 62.7 Å². The van der Waals surface area contributed by atoms with E-state index in [1.165, 1.54) is 41.5 Å². The maximum Gasteiger partial charge on any atom is 0.0917 e. The molecule has 130 valence electrons. The minimum absolute atomic E-state index is 0.0115. The summed E-state index contributed by atoms with van der Waals surface area (Å²) in [6, 6.07) is 15.5. The molecule has 2 unspecified atom stereocenters. The van der Waals surface area contributed by atoms with Crippen LogP contribution in [-0.2, 0) is 11.0 Å². The molecular formula is C23H26OS. The zero-order valence-corrected chi connectivity index (χ0v) is 15.9. The van der Waals surface area contributed by atoms with Crippen LogP contribution in [0.2, 0.25) is 0 Å². The second-order valence-electron chi connectivity index (χ2n) is 8.68. The fraction of sp³-hybridized carbons (Fsp3) is 0.478. The topological polar surface area (TPSA) is 20.2 Å². The highest BCUT2D eigenvalue weighted by Gasteiger charge is 2.44. The van der Waals surface area contributed by atoms with Crippen LogP contribution in [0.25, 0.3) is 11.1 Å². The summed E-state index contributed by atoms with van der Waals surface area (Å²) in [4.78, 5) is 0. The van der Waals surface area contributed by atoms with E-state index in [1.54, 1.807) is 0 Å². The average Bonchev–Trinajstić information content (AvgIpc) is 2.83. The lowest BCUT2D eigenvalue weighted by molar-refractivity contribution is 0.00805. The van der Waals surface area contributed by atoms with Crippen molar-refractivity contribution >= 4 is 11.8 Å². The molecule has 2 saturated heterocycles. The maximum absolute atomic E-state index is 11.6. The van der Waals surface area contributed by atoms with Crippen LogP contribution in [0, 0.1) is 0 Å². The quantitative estimate of drug-likeness (QED) is 0.719. The number of hydrogen-bond acceptors (Lipinski definition) is 2. The molecule has 2 bridgehead atoms. The highest BCUT2D eigenvalue weighted by molar-refractivity contribution is 8.00. The fourth-order valence-electron chi connectivity index (χ4n) is 5.35. The molecule has 2 aliphatic heterocycles. The van der Waals surface area contributed by atoms with E-state index < -0.39 is 5.60 Å². The second-order valence-corrected chi connectivity index (χ2v) is 10.3. The van der Waals surface area contributed by atoms with Gasteiger partial charge < -0.3 is 5.11 Å². The van der Waals surface area contributed by atoms with Gasteiger partial charge in [-0.05, 0) is 53.5 Å². The Balaban J connectivity index is 1.59. The first-order valence-corrected chi connectivity index (χ1v) is 10.5. The summed E-state index contributed by atoms with van der Waals surface area (Å²) in [6.07, 6.45) is 5.71. The molecule has 25 heavy (non-hydrogen) atoms. The minimum atomic E-state index is -0.638. The molecule has 5 rings (SSSR count). The van der Waals surface area contributed by atoms with Crippen molar-refractivity contribution < 1.29 is 5.11 Å². The van der Waals surface area contributed by atoms with Gasteiger partial charge in [0, 0.05) is 15.9 Å². The molecule has 0 radical (unpaired) electrons. The molecule has 0 spiro atoms. The highest BCUT2D eigenvalue weighted by Crippen LogP contribution is 2.53. The summed E-state index contributed by atoms with van der Waals surface area (Å²) in [5.74, 6) is 0. The van der Waals surface area contributed by atoms with Crippen LogP contribution in [0.15, 0.2) is 42.5 Å². The van der Waals surface area contributed by atoms with Crippen molar-refractivity contribution in [3.8, 4) is 11.1 Å². The van der Waals surface area contributed by atoms with Gasteiger partial charge in [-0.3, -0.25) is 0 Å². The van der Waals surface area contributed by atoms with Crippen molar-refractivity contribution in [1.29, 1.82) is 0 Å². The third-order valence-electron chi connectivity index (χ3n) is 6.69. The van der Waals surface area contributed by atoms with Gasteiger partial charge >= 0.3 is 0 Å². The van der Waals surface area contributed by atoms with E-state index >= 15 is 0 Å². The van der Waals surface area contributed by atoms with Crippen molar-refractivity contribution in [3.05, 3.63) is 59.2 Å². The minimum Gasteiger partial charge on any atom is -0.385 e. The largest absolute Gasteiger partial charge is 0.385 e. The summed E-state index contributed by atoms with van der Waals surface area (Å²) in [6.45, 7) is 4.63. The molecule has 2 atom stereocenters. The van der Waals surface area contributed by atoms with Crippen LogP contribution in [0.4, 0.5) is 0 Å². The molecule has 2 heteroatoms. The molecule has 2 heterocycles. The Morgan fingerprint density at radius 3 is 2.36 bits per heavy atom. The van der Waals surface area contributed by atoms with Crippen molar-refractivity contribution in [2.75, 3.05) is 0 Å². The molecular weight excluding hydrogens is 324 g/mol. The first-order chi connectivity index (χ1) is 12.0. The molecule has 1 N–H and O–H groups in total. The Kier molecular flexibility index (Phi) is 3.43. The van der Waals surface area contributed by atoms with E-state index in [-0.39, 0.29) is 5.41 Å². The number of hydrogen-bond donors (Lipinski definition) is 1. The van der Waals surface area contributed by atoms with Crippen molar-refractivity contribution in [3.63, 3.8) is 0 Å². The van der Waals surface area contributed by atoms with Crippen LogP contribution >= 0.6 is 11.8 Å². The van der Waals surface area contributed by atoms with Crippen molar-refractivity contribution in [2.45, 2.75) is 67.5 Å². The summed E-state index contributed by atoms with van der Waals surface area (Å²) >= 11 is 2.13. The molecule has 3 aliphatic rings. The number of benzene rings is 2. The van der Waals surface area contributed by atoms with Gasteiger partial charge in [0.25, 0.3) is 0 Å². The predicted octanol–water partition coefficient (Wildman–Crippen LogP) is 5.63. The SMILES string of the molecule is CC1(C)c2ccccc2-c2ccc(C3(O)CC4CCCC(C3)S4)cc21. The lowest BCUT2D eigenvalue weighted by Crippen LogP contribution is -2.40. The third kappa shape index (κ3) is 2.34. The van der Waals surface area contributed by atoms with Crippen LogP contribution < -0.4 is 0 Å². The Morgan fingerprint density at radius 1 is 0.920 bits per heavy atom. The zero-order valence-electron chi connectivity index (χ0n) is 15.1. The van der Waals surface area contributed by atoms with E-state index in [4.69, 9.17) is 0 Å². The molecule has 2 aromatic carbocycles. The molecule has 1 aliphatic carbocycles. The Hall–Kier alpha value is -1.25. The van der Waals surface area contributed by atoms with E-state index in [1.807, 2.05) is 0 Å². The lowest BCUT2D eigenvalue weighted by atomic mass is 9.77. The molecule has 0 aromatic heterocycles. The maximum atomic E-state index is 11.6. The number of aliphatic hydroxyl groups is 1. The summed E-state index contributed by atoms with van der Waals surface area (Å²) in [7, 11) is 0. The van der Waals surface area contributed by atoms with Crippen molar-refractivity contribution in [2.24, 2.45) is 0 Å². The molecule has 2 fully saturated rings. The number of rotatable bonds is 1. The normalized spacial score (nSPS) is 32.1. The van der Waals surface area contributed by atoms with Gasteiger partial charge in [0.05, 0.1) is 5.60 Å². The Bertz CT molecular complexity index is 826. The van der Waals surface area contributed by atoms with Crippen LogP contribution in [-0.4, -0.2) is 15.6 Å². The van der Waals surface area contributed by atoms with E-state index in [9.17, 15) is 5.11 Å². The summed E-state index contributed by atoms with van der Waals surface area (Å²) in [5.41, 5.74) is 6.01. The zero-order chi connectivity index (χ0) is 17.2. The Morgan fingerprint density at radius 2 is 1.60 bits per heavy atom. The number of fused-ring (bicyclic) bond motifs is 5. The fourth-order valence-corrected chi connectivity index (χ4v) is 7.24. The molecule has 1 nitrogen and oxygen atoms in total. The standard InChI is InChI=1S/C23H26OS/c1-22(2)20-9-4-3-8-18(20)19-11-10-15(12-21(19)22)23(24)13-16-6-5-7-17(14-23)25-16/h3-4,8-12,16-17,24H,5-7,13-14H2,1-2H3. The van der Waals surface area contributed by atoms with E-state index in [2.05, 4.69) is 68.1 Å². The summed E-state index contributed by atoms with van der Waals surface area (Å²) in [5, 5.41) is 12.8. The third-order valence-corrected chi connectivity index (χ3v) is 8.26. The molecule has 0 saturated carbocycles. The highest BCUT2D eigenvalue weighted by atomic mass is 32.2. The Labute approximate surface area is 154 Å². The first-order valence-electron chi connectivity index (χ1n) is 9.60. The first kappa shape index (κ1) is 16.0. The van der Waals surface area contributed by atoms with Gasteiger partial charge in [0.1, 0.15) is 0 Å². The van der Waals surface area contributed by atoms with E-state index in [0.717, 1.165) is 18.4 Å².